The number of oxazole rings is 1. The van der Waals surface area contributed by atoms with Crippen LogP contribution in [0, 0.1) is 6.92 Å². The highest BCUT2D eigenvalue weighted by atomic mass is 16.4. The highest BCUT2D eigenvalue weighted by Gasteiger charge is 2.26. The predicted octanol–water partition coefficient (Wildman–Crippen LogP) is 2.41. The molecule has 17 heavy (non-hydrogen) atoms. The summed E-state index contributed by atoms with van der Waals surface area (Å²) in [6, 6.07) is 5.33. The predicted molar refractivity (Wildman–Crippen MR) is 64.1 cm³/mol. The van der Waals surface area contributed by atoms with Crippen LogP contribution in [0.5, 0.6) is 0 Å². The normalized spacial score (nSPS) is 11.7. The van der Waals surface area contributed by atoms with Crippen molar-refractivity contribution in [3.63, 3.8) is 0 Å². The summed E-state index contributed by atoms with van der Waals surface area (Å²) in [5, 5.41) is 12.0. The Bertz CT molecular complexity index is 572. The highest BCUT2D eigenvalue weighted by Crippen LogP contribution is 2.22. The number of benzene rings is 1. The van der Waals surface area contributed by atoms with Crippen molar-refractivity contribution < 1.29 is 14.3 Å². The van der Waals surface area contributed by atoms with Crippen molar-refractivity contribution in [3.05, 3.63) is 24.1 Å². The fraction of sp³-hybridized carbons (Fsp3) is 0.333. The molecule has 0 aliphatic heterocycles. The second-order valence-electron chi connectivity index (χ2n) is 4.47. The van der Waals surface area contributed by atoms with Crippen LogP contribution in [0.2, 0.25) is 0 Å². The summed E-state index contributed by atoms with van der Waals surface area (Å²) in [6.45, 7) is 4.98. The van der Waals surface area contributed by atoms with Crippen LogP contribution in [0.15, 0.2) is 22.6 Å². The van der Waals surface area contributed by atoms with Gasteiger partial charge in [0.15, 0.2) is 11.5 Å². The summed E-state index contributed by atoms with van der Waals surface area (Å²) in [6.07, 6.45) is 0. The zero-order valence-corrected chi connectivity index (χ0v) is 9.94. The fourth-order valence-corrected chi connectivity index (χ4v) is 1.53. The molecular formula is C12H14N2O3. The van der Waals surface area contributed by atoms with Gasteiger partial charge >= 0.3 is 5.97 Å². The van der Waals surface area contributed by atoms with Gasteiger partial charge in [-0.3, -0.25) is 0 Å². The molecule has 0 radical (unpaired) electrons. The lowest BCUT2D eigenvalue weighted by Gasteiger charge is -2.22. The Morgan fingerprint density at radius 2 is 2.18 bits per heavy atom. The van der Waals surface area contributed by atoms with Gasteiger partial charge in [-0.25, -0.2) is 9.78 Å². The summed E-state index contributed by atoms with van der Waals surface area (Å²) in [5.41, 5.74) is 1.08. The molecule has 0 saturated heterocycles. The third-order valence-electron chi connectivity index (χ3n) is 2.49. The van der Waals surface area contributed by atoms with Gasteiger partial charge in [0, 0.05) is 18.7 Å². The maximum absolute atomic E-state index is 11.0. The monoisotopic (exact) mass is 234 g/mol. The third kappa shape index (κ3) is 2.22. The van der Waals surface area contributed by atoms with Crippen molar-refractivity contribution in [2.45, 2.75) is 26.3 Å². The van der Waals surface area contributed by atoms with Crippen LogP contribution >= 0.6 is 0 Å². The number of nitrogens with one attached hydrogen (secondary N) is 1. The molecule has 0 amide bonds. The van der Waals surface area contributed by atoms with E-state index in [2.05, 4.69) is 10.3 Å². The van der Waals surface area contributed by atoms with E-state index in [-0.39, 0.29) is 0 Å². The minimum absolute atomic E-state index is 0.592. The minimum Gasteiger partial charge on any atom is -0.480 e. The molecule has 5 nitrogen and oxygen atoms in total. The van der Waals surface area contributed by atoms with E-state index in [0.29, 0.717) is 17.2 Å². The topological polar surface area (TPSA) is 75.4 Å². The largest absolute Gasteiger partial charge is 0.480 e. The number of aryl methyl sites for hydroxylation is 1. The zero-order chi connectivity index (χ0) is 12.6. The number of aromatic nitrogens is 1. The van der Waals surface area contributed by atoms with Crippen molar-refractivity contribution in [1.29, 1.82) is 0 Å². The summed E-state index contributed by atoms with van der Waals surface area (Å²) in [5.74, 6) is -0.319. The molecule has 0 spiro atoms. The van der Waals surface area contributed by atoms with Crippen molar-refractivity contribution in [2.75, 3.05) is 5.32 Å². The molecule has 0 aliphatic rings. The molecule has 0 unspecified atom stereocenters. The van der Waals surface area contributed by atoms with Gasteiger partial charge in [0.2, 0.25) is 0 Å². The van der Waals surface area contributed by atoms with Gasteiger partial charge in [-0.05, 0) is 26.0 Å². The maximum Gasteiger partial charge on any atom is 0.328 e. The summed E-state index contributed by atoms with van der Waals surface area (Å²) in [4.78, 5) is 15.2. The molecule has 5 heteroatoms. The average molecular weight is 234 g/mol. The van der Waals surface area contributed by atoms with Crippen molar-refractivity contribution in [3.8, 4) is 0 Å². The Hall–Kier alpha value is -2.04. The Kier molecular flexibility index (Phi) is 2.53. The number of fused-ring (bicyclic) bond motifs is 1. The molecule has 1 aromatic heterocycles. The van der Waals surface area contributed by atoms with Crippen molar-refractivity contribution in [2.24, 2.45) is 0 Å². The van der Waals surface area contributed by atoms with E-state index < -0.39 is 11.5 Å². The number of carboxylic acid groups (broad SMARTS) is 1. The molecule has 0 bridgehead atoms. The molecule has 0 atom stereocenters. The summed E-state index contributed by atoms with van der Waals surface area (Å²) in [7, 11) is 0. The number of carbonyl (C=O) groups is 1. The number of nitrogens with zero attached hydrogens (tertiary/aromatic N) is 1. The lowest BCUT2D eigenvalue weighted by molar-refractivity contribution is -0.141. The standard InChI is InChI=1S/C12H14N2O3/c1-7-13-9-5-4-8(6-10(9)17-7)14-12(2,3)11(15)16/h4-6,14H,1-3H3,(H,15,16). The van der Waals surface area contributed by atoms with Gasteiger partial charge in [0.25, 0.3) is 0 Å². The van der Waals surface area contributed by atoms with Crippen LogP contribution in [0.25, 0.3) is 11.1 Å². The van der Waals surface area contributed by atoms with Crippen LogP contribution in [0.3, 0.4) is 0 Å². The van der Waals surface area contributed by atoms with Crippen LogP contribution in [0.1, 0.15) is 19.7 Å². The molecule has 90 valence electrons. The number of hydrogen-bond donors (Lipinski definition) is 2. The number of carboxylic acids is 1. The first kappa shape index (κ1) is 11.4. The van der Waals surface area contributed by atoms with E-state index in [4.69, 9.17) is 9.52 Å². The molecular weight excluding hydrogens is 220 g/mol. The van der Waals surface area contributed by atoms with Gasteiger partial charge in [-0.2, -0.15) is 0 Å². The van der Waals surface area contributed by atoms with Crippen molar-refractivity contribution in [1.82, 2.24) is 4.98 Å². The molecule has 0 saturated carbocycles. The number of hydrogen-bond acceptors (Lipinski definition) is 4. The first-order chi connectivity index (χ1) is 7.88. The first-order valence-electron chi connectivity index (χ1n) is 5.27. The molecule has 2 N–H and O–H groups in total. The summed E-state index contributed by atoms with van der Waals surface area (Å²) < 4.78 is 5.38. The van der Waals surface area contributed by atoms with Gasteiger partial charge in [-0.15, -0.1) is 0 Å². The van der Waals surface area contributed by atoms with E-state index in [1.807, 2.05) is 0 Å². The molecule has 0 aliphatic carbocycles. The van der Waals surface area contributed by atoms with E-state index in [0.717, 1.165) is 5.52 Å². The SMILES string of the molecule is Cc1nc2ccc(NC(C)(C)C(=O)O)cc2o1. The number of anilines is 1. The van der Waals surface area contributed by atoms with E-state index in [9.17, 15) is 4.79 Å². The molecule has 1 aromatic carbocycles. The first-order valence-corrected chi connectivity index (χ1v) is 5.27. The molecule has 2 aromatic rings. The lowest BCUT2D eigenvalue weighted by atomic mass is 10.1. The lowest BCUT2D eigenvalue weighted by Crippen LogP contribution is -2.39. The minimum atomic E-state index is -1.03. The van der Waals surface area contributed by atoms with Crippen LogP contribution in [-0.2, 0) is 4.79 Å². The van der Waals surface area contributed by atoms with Gasteiger partial charge < -0.3 is 14.8 Å². The van der Waals surface area contributed by atoms with E-state index in [1.54, 1.807) is 39.0 Å². The van der Waals surface area contributed by atoms with Gasteiger partial charge in [0.1, 0.15) is 11.1 Å². The van der Waals surface area contributed by atoms with Crippen molar-refractivity contribution >= 4 is 22.8 Å². The molecule has 2 rings (SSSR count). The van der Waals surface area contributed by atoms with E-state index >= 15 is 0 Å². The summed E-state index contributed by atoms with van der Waals surface area (Å²) >= 11 is 0. The number of aliphatic carboxylic acids is 1. The molecule has 0 fully saturated rings. The number of rotatable bonds is 3. The zero-order valence-electron chi connectivity index (χ0n) is 9.94. The van der Waals surface area contributed by atoms with E-state index in [1.165, 1.54) is 0 Å². The van der Waals surface area contributed by atoms with Gasteiger partial charge in [-0.1, -0.05) is 0 Å². The Morgan fingerprint density at radius 1 is 1.47 bits per heavy atom. The highest BCUT2D eigenvalue weighted by molar-refractivity contribution is 5.83. The molecule has 1 heterocycles. The Morgan fingerprint density at radius 3 is 2.82 bits per heavy atom. The second-order valence-corrected chi connectivity index (χ2v) is 4.47. The smallest absolute Gasteiger partial charge is 0.328 e. The van der Waals surface area contributed by atoms with Crippen LogP contribution in [0.4, 0.5) is 5.69 Å². The quantitative estimate of drug-likeness (QED) is 0.852. The second kappa shape index (κ2) is 3.76. The third-order valence-corrected chi connectivity index (χ3v) is 2.49. The van der Waals surface area contributed by atoms with Gasteiger partial charge in [0.05, 0.1) is 0 Å². The average Bonchev–Trinajstić information content (AvgIpc) is 2.56. The Labute approximate surface area is 98.5 Å². The van der Waals surface area contributed by atoms with Crippen LogP contribution in [-0.4, -0.2) is 21.6 Å². The Balaban J connectivity index is 2.34. The fourth-order valence-electron chi connectivity index (χ4n) is 1.53. The maximum atomic E-state index is 11.0. The van der Waals surface area contributed by atoms with Crippen LogP contribution < -0.4 is 5.32 Å².